The minimum Gasteiger partial charge on any atom is -0.261 e. The van der Waals surface area contributed by atoms with Crippen molar-refractivity contribution in [3.63, 3.8) is 0 Å². The summed E-state index contributed by atoms with van der Waals surface area (Å²) < 4.78 is 0. The molecular weight excluding hydrogens is 220 g/mol. The average Bonchev–Trinajstić information content (AvgIpc) is 2.39. The van der Waals surface area contributed by atoms with Gasteiger partial charge in [0.2, 0.25) is 0 Å². The highest BCUT2D eigenvalue weighted by molar-refractivity contribution is 5.58. The molecule has 2 nitrogen and oxygen atoms in total. The van der Waals surface area contributed by atoms with E-state index in [4.69, 9.17) is 4.98 Å². The molecule has 0 N–H and O–H groups in total. The molecule has 18 heavy (non-hydrogen) atoms. The Bertz CT molecular complexity index is 529. The molecule has 0 unspecified atom stereocenters. The standard InChI is InChI=1S/C15H16N2.CH4/c1-11-6-7-13(10-16-11)15-9-8-12-4-2-3-5-14(12)17-15;/h6-10H,2-5H2,1H3;1H4. The van der Waals surface area contributed by atoms with Crippen LogP contribution in [-0.2, 0) is 12.8 Å². The summed E-state index contributed by atoms with van der Waals surface area (Å²) in [6.45, 7) is 2.00. The van der Waals surface area contributed by atoms with Crippen LogP contribution in [0.3, 0.4) is 0 Å². The molecule has 2 aromatic heterocycles. The number of rotatable bonds is 1. The maximum absolute atomic E-state index is 4.77. The molecule has 0 aromatic carbocycles. The Balaban J connectivity index is 0.00000120. The lowest BCUT2D eigenvalue weighted by molar-refractivity contribution is 0.668. The maximum Gasteiger partial charge on any atom is 0.0720 e. The first-order valence-electron chi connectivity index (χ1n) is 6.25. The topological polar surface area (TPSA) is 25.8 Å². The second-order valence-electron chi connectivity index (χ2n) is 4.70. The minimum absolute atomic E-state index is 0. The van der Waals surface area contributed by atoms with Crippen LogP contribution in [-0.4, -0.2) is 9.97 Å². The van der Waals surface area contributed by atoms with Crippen LogP contribution in [0.25, 0.3) is 11.3 Å². The molecule has 3 rings (SSSR count). The number of hydrogen-bond acceptors (Lipinski definition) is 2. The van der Waals surface area contributed by atoms with Crippen LogP contribution in [0.4, 0.5) is 0 Å². The summed E-state index contributed by atoms with van der Waals surface area (Å²) in [5.41, 5.74) is 5.93. The molecule has 0 saturated carbocycles. The van der Waals surface area contributed by atoms with E-state index in [1.54, 1.807) is 0 Å². The molecule has 0 atom stereocenters. The van der Waals surface area contributed by atoms with Gasteiger partial charge in [0.25, 0.3) is 0 Å². The van der Waals surface area contributed by atoms with Gasteiger partial charge in [-0.05, 0) is 56.4 Å². The number of aryl methyl sites for hydroxylation is 3. The van der Waals surface area contributed by atoms with E-state index in [0.717, 1.165) is 23.4 Å². The van der Waals surface area contributed by atoms with E-state index >= 15 is 0 Å². The molecule has 0 saturated heterocycles. The van der Waals surface area contributed by atoms with E-state index in [1.165, 1.54) is 30.5 Å². The summed E-state index contributed by atoms with van der Waals surface area (Å²) >= 11 is 0. The van der Waals surface area contributed by atoms with Crippen LogP contribution in [0.1, 0.15) is 37.2 Å². The number of pyridine rings is 2. The Hall–Kier alpha value is -1.70. The Morgan fingerprint density at radius 1 is 1.00 bits per heavy atom. The lowest BCUT2D eigenvalue weighted by Crippen LogP contribution is -2.05. The highest BCUT2D eigenvalue weighted by atomic mass is 14.7. The van der Waals surface area contributed by atoms with Crippen molar-refractivity contribution in [2.24, 2.45) is 0 Å². The fourth-order valence-corrected chi connectivity index (χ4v) is 2.36. The van der Waals surface area contributed by atoms with Crippen molar-refractivity contribution in [1.29, 1.82) is 0 Å². The predicted octanol–water partition coefficient (Wildman–Crippen LogP) is 3.97. The Morgan fingerprint density at radius 2 is 1.83 bits per heavy atom. The summed E-state index contributed by atoms with van der Waals surface area (Å²) in [6, 6.07) is 8.49. The molecule has 0 bridgehead atoms. The molecular formula is C16H20N2. The summed E-state index contributed by atoms with van der Waals surface area (Å²) in [5, 5.41) is 0. The van der Waals surface area contributed by atoms with Gasteiger partial charge in [0.05, 0.1) is 5.69 Å². The fourth-order valence-electron chi connectivity index (χ4n) is 2.36. The van der Waals surface area contributed by atoms with E-state index in [0.29, 0.717) is 0 Å². The molecule has 2 aromatic rings. The summed E-state index contributed by atoms with van der Waals surface area (Å²) in [5.74, 6) is 0. The largest absolute Gasteiger partial charge is 0.261 e. The first kappa shape index (κ1) is 12.7. The minimum atomic E-state index is 0. The summed E-state index contributed by atoms with van der Waals surface area (Å²) in [4.78, 5) is 9.10. The van der Waals surface area contributed by atoms with Gasteiger partial charge in [-0.15, -0.1) is 0 Å². The number of aromatic nitrogens is 2. The Kier molecular flexibility index (Phi) is 3.75. The van der Waals surface area contributed by atoms with E-state index < -0.39 is 0 Å². The van der Waals surface area contributed by atoms with Crippen molar-refractivity contribution in [2.45, 2.75) is 40.0 Å². The van der Waals surface area contributed by atoms with Crippen LogP contribution < -0.4 is 0 Å². The van der Waals surface area contributed by atoms with Gasteiger partial charge >= 0.3 is 0 Å². The lowest BCUT2D eigenvalue weighted by atomic mass is 9.95. The van der Waals surface area contributed by atoms with Crippen molar-refractivity contribution in [1.82, 2.24) is 9.97 Å². The van der Waals surface area contributed by atoms with Gasteiger partial charge in [-0.25, -0.2) is 0 Å². The van der Waals surface area contributed by atoms with E-state index in [2.05, 4.69) is 23.2 Å². The molecule has 1 aliphatic rings. The van der Waals surface area contributed by atoms with Crippen molar-refractivity contribution >= 4 is 0 Å². The molecule has 0 aliphatic heterocycles. The third-order valence-corrected chi connectivity index (χ3v) is 3.39. The van der Waals surface area contributed by atoms with E-state index in [1.807, 2.05) is 19.2 Å². The van der Waals surface area contributed by atoms with Gasteiger partial charge in [-0.2, -0.15) is 0 Å². The third kappa shape index (κ3) is 2.42. The molecule has 1 aliphatic carbocycles. The fraction of sp³-hybridized carbons (Fsp3) is 0.375. The Labute approximate surface area is 109 Å². The average molecular weight is 240 g/mol. The molecule has 2 heteroatoms. The smallest absolute Gasteiger partial charge is 0.0720 e. The first-order chi connectivity index (χ1) is 8.33. The van der Waals surface area contributed by atoms with E-state index in [9.17, 15) is 0 Å². The van der Waals surface area contributed by atoms with Gasteiger partial charge in [-0.1, -0.05) is 13.5 Å². The van der Waals surface area contributed by atoms with Crippen LogP contribution in [0.5, 0.6) is 0 Å². The quantitative estimate of drug-likeness (QED) is 0.753. The maximum atomic E-state index is 4.77. The molecule has 0 fully saturated rings. The SMILES string of the molecule is C.Cc1ccc(-c2ccc3c(n2)CCCC3)cn1. The third-order valence-electron chi connectivity index (χ3n) is 3.39. The highest BCUT2D eigenvalue weighted by Crippen LogP contribution is 2.23. The molecule has 0 spiro atoms. The van der Waals surface area contributed by atoms with Crippen LogP contribution in [0.2, 0.25) is 0 Å². The second kappa shape index (κ2) is 5.30. The van der Waals surface area contributed by atoms with Crippen LogP contribution in [0.15, 0.2) is 30.5 Å². The Morgan fingerprint density at radius 3 is 2.61 bits per heavy atom. The number of fused-ring (bicyclic) bond motifs is 1. The van der Waals surface area contributed by atoms with Gasteiger partial charge in [0.15, 0.2) is 0 Å². The van der Waals surface area contributed by atoms with Crippen molar-refractivity contribution in [2.75, 3.05) is 0 Å². The van der Waals surface area contributed by atoms with Crippen LogP contribution in [0, 0.1) is 6.92 Å². The predicted molar refractivity (Wildman–Crippen MR) is 75.6 cm³/mol. The molecule has 0 amide bonds. The van der Waals surface area contributed by atoms with Gasteiger partial charge < -0.3 is 0 Å². The zero-order chi connectivity index (χ0) is 11.7. The van der Waals surface area contributed by atoms with Gasteiger partial charge in [0.1, 0.15) is 0 Å². The number of hydrogen-bond donors (Lipinski definition) is 0. The van der Waals surface area contributed by atoms with Crippen molar-refractivity contribution in [3.05, 3.63) is 47.4 Å². The van der Waals surface area contributed by atoms with Crippen molar-refractivity contribution in [3.8, 4) is 11.3 Å². The van der Waals surface area contributed by atoms with Gasteiger partial charge in [0, 0.05) is 23.1 Å². The summed E-state index contributed by atoms with van der Waals surface area (Å²) in [7, 11) is 0. The molecule has 0 radical (unpaired) electrons. The normalized spacial score (nSPS) is 13.6. The zero-order valence-electron chi connectivity index (χ0n) is 10.1. The lowest BCUT2D eigenvalue weighted by Gasteiger charge is -2.15. The van der Waals surface area contributed by atoms with Gasteiger partial charge in [-0.3, -0.25) is 9.97 Å². The summed E-state index contributed by atoms with van der Waals surface area (Å²) in [6.07, 6.45) is 6.81. The number of nitrogens with zero attached hydrogens (tertiary/aromatic N) is 2. The first-order valence-corrected chi connectivity index (χ1v) is 6.25. The highest BCUT2D eigenvalue weighted by Gasteiger charge is 2.11. The zero-order valence-corrected chi connectivity index (χ0v) is 10.1. The second-order valence-corrected chi connectivity index (χ2v) is 4.70. The molecule has 2 heterocycles. The van der Waals surface area contributed by atoms with E-state index in [-0.39, 0.29) is 7.43 Å². The van der Waals surface area contributed by atoms with Crippen LogP contribution >= 0.6 is 0 Å². The molecule has 94 valence electrons. The van der Waals surface area contributed by atoms with Crippen molar-refractivity contribution < 1.29 is 0 Å². The monoisotopic (exact) mass is 240 g/mol.